The van der Waals surface area contributed by atoms with E-state index < -0.39 is 15.9 Å². The van der Waals surface area contributed by atoms with E-state index in [2.05, 4.69) is 10.5 Å². The minimum atomic E-state index is -3.66. The molecular formula is C22H27N3O7S. The molecule has 1 heterocycles. The van der Waals surface area contributed by atoms with E-state index in [0.29, 0.717) is 55.7 Å². The zero-order valence-electron chi connectivity index (χ0n) is 18.5. The number of nitrogens with one attached hydrogen (secondary N) is 1. The molecule has 0 unspecified atom stereocenters. The Balaban J connectivity index is 1.54. The van der Waals surface area contributed by atoms with Crippen LogP contribution in [0.1, 0.15) is 12.5 Å². The largest absolute Gasteiger partial charge is 0.493 e. The van der Waals surface area contributed by atoms with Gasteiger partial charge < -0.3 is 24.4 Å². The molecule has 33 heavy (non-hydrogen) atoms. The van der Waals surface area contributed by atoms with Crippen molar-refractivity contribution < 1.29 is 32.3 Å². The van der Waals surface area contributed by atoms with E-state index in [1.807, 2.05) is 6.92 Å². The van der Waals surface area contributed by atoms with Crippen LogP contribution in [0.4, 0.5) is 5.69 Å². The number of hydrogen-bond donors (Lipinski definition) is 1. The van der Waals surface area contributed by atoms with Gasteiger partial charge in [0.15, 0.2) is 18.1 Å². The van der Waals surface area contributed by atoms with Gasteiger partial charge in [0.2, 0.25) is 10.0 Å². The SMILES string of the molecule is CCOc1ccc(/C=N/OCC(=O)Nc2cccc(S(=O)(=O)N3CCOCC3)c2)cc1OC. The average molecular weight is 478 g/mol. The van der Waals surface area contributed by atoms with Crippen LogP contribution < -0.4 is 14.8 Å². The molecule has 1 aliphatic rings. The van der Waals surface area contributed by atoms with Crippen molar-refractivity contribution in [2.75, 3.05) is 51.9 Å². The summed E-state index contributed by atoms with van der Waals surface area (Å²) in [7, 11) is -2.11. The number of amides is 1. The molecule has 0 aromatic heterocycles. The summed E-state index contributed by atoms with van der Waals surface area (Å²) in [5.74, 6) is 0.707. The van der Waals surface area contributed by atoms with E-state index in [0.717, 1.165) is 0 Å². The van der Waals surface area contributed by atoms with Gasteiger partial charge in [0.1, 0.15) is 0 Å². The second kappa shape index (κ2) is 11.6. The fourth-order valence-electron chi connectivity index (χ4n) is 3.10. The van der Waals surface area contributed by atoms with Gasteiger partial charge in [0.05, 0.1) is 38.0 Å². The summed E-state index contributed by atoms with van der Waals surface area (Å²) in [5, 5.41) is 6.41. The number of hydrogen-bond acceptors (Lipinski definition) is 8. The predicted molar refractivity (Wildman–Crippen MR) is 122 cm³/mol. The minimum absolute atomic E-state index is 0.102. The van der Waals surface area contributed by atoms with Gasteiger partial charge in [-0.2, -0.15) is 4.31 Å². The Hall–Kier alpha value is -3.15. The molecule has 0 atom stereocenters. The third kappa shape index (κ3) is 6.67. The first-order valence-corrected chi connectivity index (χ1v) is 11.8. The summed E-state index contributed by atoms with van der Waals surface area (Å²) in [6.45, 7) is 3.37. The topological polar surface area (TPSA) is 116 Å². The smallest absolute Gasteiger partial charge is 0.265 e. The van der Waals surface area contributed by atoms with E-state index in [9.17, 15) is 13.2 Å². The quantitative estimate of drug-likeness (QED) is 0.412. The Morgan fingerprint density at radius 1 is 1.18 bits per heavy atom. The van der Waals surface area contributed by atoms with Crippen molar-refractivity contribution in [3.05, 3.63) is 48.0 Å². The Morgan fingerprint density at radius 2 is 1.97 bits per heavy atom. The van der Waals surface area contributed by atoms with Crippen LogP contribution in [-0.4, -0.2) is 71.5 Å². The van der Waals surface area contributed by atoms with Crippen molar-refractivity contribution >= 4 is 27.8 Å². The fraction of sp³-hybridized carbons (Fsp3) is 0.364. The van der Waals surface area contributed by atoms with Gasteiger partial charge >= 0.3 is 0 Å². The van der Waals surface area contributed by atoms with Gasteiger partial charge in [0.25, 0.3) is 5.91 Å². The predicted octanol–water partition coefficient (Wildman–Crippen LogP) is 2.10. The van der Waals surface area contributed by atoms with Crippen LogP contribution in [0.2, 0.25) is 0 Å². The molecule has 1 N–H and O–H groups in total. The molecule has 1 amide bonds. The van der Waals surface area contributed by atoms with Crippen LogP contribution in [0.15, 0.2) is 52.5 Å². The summed E-state index contributed by atoms with van der Waals surface area (Å²) in [4.78, 5) is 17.3. The van der Waals surface area contributed by atoms with E-state index in [1.165, 1.54) is 22.7 Å². The van der Waals surface area contributed by atoms with Gasteiger partial charge in [-0.05, 0) is 43.3 Å². The van der Waals surface area contributed by atoms with Crippen LogP contribution in [-0.2, 0) is 24.4 Å². The molecule has 0 radical (unpaired) electrons. The zero-order valence-corrected chi connectivity index (χ0v) is 19.3. The van der Waals surface area contributed by atoms with Crippen LogP contribution in [0.5, 0.6) is 11.5 Å². The van der Waals surface area contributed by atoms with Crippen LogP contribution in [0, 0.1) is 0 Å². The van der Waals surface area contributed by atoms with E-state index >= 15 is 0 Å². The monoisotopic (exact) mass is 477 g/mol. The van der Waals surface area contributed by atoms with Crippen molar-refractivity contribution in [1.82, 2.24) is 4.31 Å². The maximum absolute atomic E-state index is 12.8. The Morgan fingerprint density at radius 3 is 2.70 bits per heavy atom. The maximum Gasteiger partial charge on any atom is 0.265 e. The lowest BCUT2D eigenvalue weighted by molar-refractivity contribution is -0.120. The summed E-state index contributed by atoms with van der Waals surface area (Å²) >= 11 is 0. The molecule has 1 saturated heterocycles. The number of carbonyl (C=O) groups excluding carboxylic acids is 1. The second-order valence-electron chi connectivity index (χ2n) is 6.94. The van der Waals surface area contributed by atoms with Crippen LogP contribution in [0.3, 0.4) is 0 Å². The number of anilines is 1. The molecule has 11 heteroatoms. The van der Waals surface area contributed by atoms with Crippen molar-refractivity contribution in [3.63, 3.8) is 0 Å². The van der Waals surface area contributed by atoms with Crippen molar-refractivity contribution in [2.45, 2.75) is 11.8 Å². The standard InChI is InChI=1S/C22H27N3O7S/c1-3-31-20-8-7-17(13-21(20)29-2)15-23-32-16-22(26)24-18-5-4-6-19(14-18)33(27,28)25-9-11-30-12-10-25/h4-8,13-15H,3,9-12,16H2,1-2H3,(H,24,26)/b23-15+. The van der Waals surface area contributed by atoms with Gasteiger partial charge in [0, 0.05) is 24.3 Å². The number of methoxy groups -OCH3 is 1. The third-order valence-corrected chi connectivity index (χ3v) is 6.58. The molecule has 0 spiro atoms. The first-order valence-electron chi connectivity index (χ1n) is 10.4. The fourth-order valence-corrected chi connectivity index (χ4v) is 4.56. The Labute approximate surface area is 193 Å². The molecule has 1 aliphatic heterocycles. The number of benzene rings is 2. The third-order valence-electron chi connectivity index (χ3n) is 4.69. The van der Waals surface area contributed by atoms with Crippen LogP contribution >= 0.6 is 0 Å². The van der Waals surface area contributed by atoms with Crippen molar-refractivity contribution in [2.24, 2.45) is 5.16 Å². The molecule has 3 rings (SSSR count). The lowest BCUT2D eigenvalue weighted by Crippen LogP contribution is -2.40. The molecule has 0 bridgehead atoms. The molecule has 10 nitrogen and oxygen atoms in total. The molecule has 1 fully saturated rings. The first-order chi connectivity index (χ1) is 15.9. The number of carbonyl (C=O) groups is 1. The van der Waals surface area contributed by atoms with Gasteiger partial charge in [-0.25, -0.2) is 8.42 Å². The highest BCUT2D eigenvalue weighted by Crippen LogP contribution is 2.27. The molecular weight excluding hydrogens is 450 g/mol. The number of oxime groups is 1. The zero-order chi connectivity index (χ0) is 23.7. The molecule has 178 valence electrons. The highest BCUT2D eigenvalue weighted by molar-refractivity contribution is 7.89. The summed E-state index contributed by atoms with van der Waals surface area (Å²) in [6.07, 6.45) is 1.45. The van der Waals surface area contributed by atoms with E-state index in [4.69, 9.17) is 19.0 Å². The number of ether oxygens (including phenoxy) is 3. The van der Waals surface area contributed by atoms with Crippen LogP contribution in [0.25, 0.3) is 0 Å². The number of rotatable bonds is 10. The molecule has 2 aromatic rings. The van der Waals surface area contributed by atoms with Crippen molar-refractivity contribution in [3.8, 4) is 11.5 Å². The highest BCUT2D eigenvalue weighted by atomic mass is 32.2. The average Bonchev–Trinajstić information content (AvgIpc) is 2.83. The molecule has 2 aromatic carbocycles. The van der Waals surface area contributed by atoms with E-state index in [1.54, 1.807) is 37.4 Å². The van der Waals surface area contributed by atoms with Gasteiger partial charge in [-0.15, -0.1) is 0 Å². The number of morpholine rings is 1. The number of nitrogens with zero attached hydrogens (tertiary/aromatic N) is 2. The molecule has 0 saturated carbocycles. The lowest BCUT2D eigenvalue weighted by atomic mass is 10.2. The normalized spacial score (nSPS) is 14.7. The molecule has 0 aliphatic carbocycles. The number of sulfonamides is 1. The highest BCUT2D eigenvalue weighted by Gasteiger charge is 2.26. The first kappa shape index (κ1) is 24.5. The second-order valence-corrected chi connectivity index (χ2v) is 8.88. The minimum Gasteiger partial charge on any atom is -0.493 e. The van der Waals surface area contributed by atoms with E-state index in [-0.39, 0.29) is 11.5 Å². The van der Waals surface area contributed by atoms with Gasteiger partial charge in [-0.1, -0.05) is 11.2 Å². The maximum atomic E-state index is 12.8. The summed E-state index contributed by atoms with van der Waals surface area (Å²) in [6, 6.07) is 11.4. The lowest BCUT2D eigenvalue weighted by Gasteiger charge is -2.26. The van der Waals surface area contributed by atoms with Crippen molar-refractivity contribution in [1.29, 1.82) is 0 Å². The summed E-state index contributed by atoms with van der Waals surface area (Å²) < 4.78 is 42.9. The Kier molecular flexibility index (Phi) is 8.64. The summed E-state index contributed by atoms with van der Waals surface area (Å²) in [5.41, 5.74) is 1.05. The van der Waals surface area contributed by atoms with Gasteiger partial charge in [-0.3, -0.25) is 4.79 Å². The Bertz CT molecular complexity index is 1080.